The molecule has 1 rings (SSSR count). The molecule has 0 fully saturated rings. The quantitative estimate of drug-likeness (QED) is 0.739. The molecule has 90 valence electrons. The molecule has 0 amide bonds. The van der Waals surface area contributed by atoms with Crippen LogP contribution in [0.15, 0.2) is 30.3 Å². The third-order valence-electron chi connectivity index (χ3n) is 2.57. The Kier molecular flexibility index (Phi) is 6.08. The minimum Gasteiger partial charge on any atom is -0.389 e. The number of benzene rings is 1. The summed E-state index contributed by atoms with van der Waals surface area (Å²) in [7, 11) is 1.59. The standard InChI is InChI=1S/C13H21NO2/c1-3-13(11-7-5-4-6-8-11)14-9-12(15)10-16-2/h4-8,12-15H,3,9-10H2,1-2H3. The first-order valence-electron chi connectivity index (χ1n) is 5.73. The smallest absolute Gasteiger partial charge is 0.0897 e. The van der Waals surface area contributed by atoms with Gasteiger partial charge in [-0.1, -0.05) is 37.3 Å². The molecule has 16 heavy (non-hydrogen) atoms. The van der Waals surface area contributed by atoms with Crippen molar-refractivity contribution in [1.29, 1.82) is 0 Å². The van der Waals surface area contributed by atoms with Crippen LogP contribution in [0.25, 0.3) is 0 Å². The molecular formula is C13H21NO2. The van der Waals surface area contributed by atoms with Crippen LogP contribution in [0, 0.1) is 0 Å². The molecule has 0 saturated carbocycles. The van der Waals surface area contributed by atoms with Gasteiger partial charge in [0.1, 0.15) is 0 Å². The molecule has 0 heterocycles. The summed E-state index contributed by atoms with van der Waals surface area (Å²) in [6.45, 7) is 3.06. The second-order valence-electron chi connectivity index (χ2n) is 3.89. The van der Waals surface area contributed by atoms with Crippen LogP contribution in [-0.4, -0.2) is 31.5 Å². The van der Waals surface area contributed by atoms with Gasteiger partial charge >= 0.3 is 0 Å². The summed E-state index contributed by atoms with van der Waals surface area (Å²) in [5.41, 5.74) is 1.26. The molecular weight excluding hydrogens is 202 g/mol. The molecule has 2 N–H and O–H groups in total. The number of methoxy groups -OCH3 is 1. The third-order valence-corrected chi connectivity index (χ3v) is 2.57. The van der Waals surface area contributed by atoms with Crippen LogP contribution in [0.2, 0.25) is 0 Å². The van der Waals surface area contributed by atoms with Crippen molar-refractivity contribution in [3.8, 4) is 0 Å². The summed E-state index contributed by atoms with van der Waals surface area (Å²) in [5, 5.41) is 12.9. The zero-order valence-corrected chi connectivity index (χ0v) is 10.0. The second-order valence-corrected chi connectivity index (χ2v) is 3.89. The molecule has 0 aromatic heterocycles. The lowest BCUT2D eigenvalue weighted by Crippen LogP contribution is -2.32. The number of nitrogens with one attached hydrogen (secondary N) is 1. The van der Waals surface area contributed by atoms with Crippen molar-refractivity contribution in [2.75, 3.05) is 20.3 Å². The molecule has 1 aromatic carbocycles. The highest BCUT2D eigenvalue weighted by Crippen LogP contribution is 2.15. The van der Waals surface area contributed by atoms with Crippen molar-refractivity contribution in [2.45, 2.75) is 25.5 Å². The lowest BCUT2D eigenvalue weighted by molar-refractivity contribution is 0.0626. The molecule has 0 aliphatic carbocycles. The summed E-state index contributed by atoms with van der Waals surface area (Å²) < 4.78 is 4.89. The molecule has 0 radical (unpaired) electrons. The molecule has 0 spiro atoms. The van der Waals surface area contributed by atoms with Crippen LogP contribution in [-0.2, 0) is 4.74 Å². The van der Waals surface area contributed by atoms with Gasteiger partial charge in [0, 0.05) is 19.7 Å². The molecule has 3 heteroatoms. The van der Waals surface area contributed by atoms with Gasteiger partial charge in [-0.05, 0) is 12.0 Å². The first-order valence-corrected chi connectivity index (χ1v) is 5.73. The minimum atomic E-state index is -0.442. The van der Waals surface area contributed by atoms with Gasteiger partial charge in [-0.2, -0.15) is 0 Å². The molecule has 0 aliphatic rings. The maximum absolute atomic E-state index is 9.55. The SMILES string of the molecule is CCC(NCC(O)COC)c1ccccc1. The molecule has 0 aliphatic heterocycles. The largest absolute Gasteiger partial charge is 0.389 e. The van der Waals surface area contributed by atoms with E-state index in [4.69, 9.17) is 4.74 Å². The Labute approximate surface area is 97.4 Å². The number of hydrogen-bond donors (Lipinski definition) is 2. The number of ether oxygens (including phenoxy) is 1. The highest BCUT2D eigenvalue weighted by Gasteiger charge is 2.10. The average molecular weight is 223 g/mol. The van der Waals surface area contributed by atoms with Crippen molar-refractivity contribution >= 4 is 0 Å². The summed E-state index contributed by atoms with van der Waals surface area (Å²) in [4.78, 5) is 0. The van der Waals surface area contributed by atoms with Crippen LogP contribution >= 0.6 is 0 Å². The molecule has 0 saturated heterocycles. The number of hydrogen-bond acceptors (Lipinski definition) is 3. The Bertz CT molecular complexity index is 277. The van der Waals surface area contributed by atoms with E-state index in [0.29, 0.717) is 19.2 Å². The molecule has 1 aromatic rings. The predicted octanol–water partition coefficient (Wildman–Crippen LogP) is 1.73. The average Bonchev–Trinajstić information content (AvgIpc) is 2.31. The fourth-order valence-corrected chi connectivity index (χ4v) is 1.71. The second kappa shape index (κ2) is 7.39. The van der Waals surface area contributed by atoms with E-state index in [1.807, 2.05) is 18.2 Å². The van der Waals surface area contributed by atoms with Crippen LogP contribution < -0.4 is 5.32 Å². The Morgan fingerprint density at radius 2 is 2.00 bits per heavy atom. The lowest BCUT2D eigenvalue weighted by Gasteiger charge is -2.19. The maximum atomic E-state index is 9.55. The Balaban J connectivity index is 2.44. The van der Waals surface area contributed by atoms with Gasteiger partial charge in [-0.15, -0.1) is 0 Å². The first kappa shape index (κ1) is 13.2. The zero-order valence-electron chi connectivity index (χ0n) is 10.0. The Morgan fingerprint density at radius 3 is 2.56 bits per heavy atom. The van der Waals surface area contributed by atoms with Crippen molar-refractivity contribution in [3.05, 3.63) is 35.9 Å². The summed E-state index contributed by atoms with van der Waals surface area (Å²) in [6, 6.07) is 10.6. The van der Waals surface area contributed by atoms with Crippen LogP contribution in [0.3, 0.4) is 0 Å². The highest BCUT2D eigenvalue weighted by molar-refractivity contribution is 5.18. The van der Waals surface area contributed by atoms with E-state index >= 15 is 0 Å². The van der Waals surface area contributed by atoms with E-state index in [1.165, 1.54) is 5.56 Å². The third kappa shape index (κ3) is 4.31. The number of aliphatic hydroxyl groups is 1. The maximum Gasteiger partial charge on any atom is 0.0897 e. The summed E-state index contributed by atoms with van der Waals surface area (Å²) in [6.07, 6.45) is 0.562. The van der Waals surface area contributed by atoms with E-state index in [9.17, 15) is 5.11 Å². The minimum absolute atomic E-state index is 0.299. The Hall–Kier alpha value is -0.900. The van der Waals surface area contributed by atoms with E-state index in [1.54, 1.807) is 7.11 Å². The molecule has 2 unspecified atom stereocenters. The number of aliphatic hydroxyl groups excluding tert-OH is 1. The van der Waals surface area contributed by atoms with Gasteiger partial charge in [-0.25, -0.2) is 0 Å². The molecule has 3 nitrogen and oxygen atoms in total. The van der Waals surface area contributed by atoms with Crippen molar-refractivity contribution in [3.63, 3.8) is 0 Å². The van der Waals surface area contributed by atoms with E-state index in [2.05, 4.69) is 24.4 Å². The van der Waals surface area contributed by atoms with Crippen molar-refractivity contribution in [2.24, 2.45) is 0 Å². The van der Waals surface area contributed by atoms with Gasteiger partial charge in [0.05, 0.1) is 12.7 Å². The van der Waals surface area contributed by atoms with E-state index in [0.717, 1.165) is 6.42 Å². The topological polar surface area (TPSA) is 41.5 Å². The van der Waals surface area contributed by atoms with Crippen LogP contribution in [0.1, 0.15) is 24.9 Å². The normalized spacial score (nSPS) is 14.7. The Morgan fingerprint density at radius 1 is 1.31 bits per heavy atom. The van der Waals surface area contributed by atoms with Gasteiger partial charge in [0.25, 0.3) is 0 Å². The van der Waals surface area contributed by atoms with Crippen molar-refractivity contribution in [1.82, 2.24) is 5.32 Å². The van der Waals surface area contributed by atoms with E-state index in [-0.39, 0.29) is 0 Å². The fourth-order valence-electron chi connectivity index (χ4n) is 1.71. The predicted molar refractivity (Wildman–Crippen MR) is 65.4 cm³/mol. The summed E-state index contributed by atoms with van der Waals surface area (Å²) in [5.74, 6) is 0. The zero-order chi connectivity index (χ0) is 11.8. The monoisotopic (exact) mass is 223 g/mol. The molecule has 0 bridgehead atoms. The highest BCUT2D eigenvalue weighted by atomic mass is 16.5. The van der Waals surface area contributed by atoms with Gasteiger partial charge < -0.3 is 15.2 Å². The number of rotatable bonds is 7. The van der Waals surface area contributed by atoms with Crippen LogP contribution in [0.5, 0.6) is 0 Å². The van der Waals surface area contributed by atoms with Gasteiger partial charge in [0.2, 0.25) is 0 Å². The fraction of sp³-hybridized carbons (Fsp3) is 0.538. The molecule has 2 atom stereocenters. The van der Waals surface area contributed by atoms with Gasteiger partial charge in [0.15, 0.2) is 0 Å². The van der Waals surface area contributed by atoms with E-state index < -0.39 is 6.10 Å². The first-order chi connectivity index (χ1) is 7.77. The van der Waals surface area contributed by atoms with Crippen molar-refractivity contribution < 1.29 is 9.84 Å². The van der Waals surface area contributed by atoms with Crippen LogP contribution in [0.4, 0.5) is 0 Å². The summed E-state index contributed by atoms with van der Waals surface area (Å²) >= 11 is 0. The van der Waals surface area contributed by atoms with Gasteiger partial charge in [-0.3, -0.25) is 0 Å². The lowest BCUT2D eigenvalue weighted by atomic mass is 10.0.